The number of anilines is 6. The molecule has 13 aromatic carbocycles. The van der Waals surface area contributed by atoms with Crippen LogP contribution in [0.3, 0.4) is 0 Å². The first-order valence-corrected chi connectivity index (χ1v) is 34.8. The van der Waals surface area contributed by atoms with Gasteiger partial charge in [0.05, 0.1) is 17.4 Å². The lowest BCUT2D eigenvalue weighted by Gasteiger charge is -2.49. The fraction of sp³-hybridized carbons (Fsp3) is 0.114. The first-order valence-electron chi connectivity index (χ1n) is 34.8. The maximum Gasteiger partial charge on any atom is 0.126 e. The second-order valence-corrected chi connectivity index (χ2v) is 26.2. The highest BCUT2D eigenvalue weighted by Gasteiger charge is 2.39. The molecule has 15 rings (SSSR count). The maximum absolute atomic E-state index is 15.1. The molecule has 0 spiro atoms. The lowest BCUT2D eigenvalue weighted by atomic mass is 9.90. The topological polar surface area (TPSA) is 124 Å². The molecular formula is C88H68F6N8O6-2. The summed E-state index contributed by atoms with van der Waals surface area (Å²) in [5.74, 6) is -2.23. The number of nitrogens with zero attached hydrogens (tertiary/aromatic N) is 8. The molecule has 0 radical (unpaired) electrons. The van der Waals surface area contributed by atoms with Gasteiger partial charge in [0.25, 0.3) is 0 Å². The number of aromatic nitrogens is 3. The molecule has 0 fully saturated rings. The van der Waals surface area contributed by atoms with Gasteiger partial charge < -0.3 is 54.2 Å². The first-order chi connectivity index (χ1) is 52.8. The number of rotatable bonds is 30. The van der Waals surface area contributed by atoms with Gasteiger partial charge in [-0.2, -0.15) is 15.0 Å². The van der Waals surface area contributed by atoms with Crippen LogP contribution < -0.4 is 38.2 Å². The Labute approximate surface area is 619 Å². The Morgan fingerprint density at radius 1 is 0.278 bits per heavy atom. The van der Waals surface area contributed by atoms with Crippen molar-refractivity contribution in [1.29, 1.82) is 0 Å². The van der Waals surface area contributed by atoms with Crippen LogP contribution >= 0.6 is 0 Å². The fourth-order valence-electron chi connectivity index (χ4n) is 12.9. The van der Waals surface area contributed by atoms with Gasteiger partial charge in [-0.15, -0.1) is 11.4 Å². The fourth-order valence-corrected chi connectivity index (χ4v) is 12.9. The molecule has 0 aliphatic carbocycles. The van der Waals surface area contributed by atoms with Gasteiger partial charge in [-0.3, -0.25) is 0 Å². The maximum atomic E-state index is 15.1. The number of fused-ring (bicyclic) bond motifs is 2. The van der Waals surface area contributed by atoms with Crippen molar-refractivity contribution in [2.45, 2.75) is 6.54 Å². The van der Waals surface area contributed by atoms with Crippen LogP contribution in [0.4, 0.5) is 71.8 Å². The van der Waals surface area contributed by atoms with E-state index >= 15 is 26.3 Å². The second-order valence-electron chi connectivity index (χ2n) is 26.2. The standard InChI is InChI=1S/C88H68F6N8O6/c89-63-19-13-33-75(47-63)103-55-87(56-104-76-34-14-20-64(90)48-76,57-105-77-35-15-21-65(91)49-77)53-99-95-83-81(61-39-43-73(44-40-61)101(69-25-5-1-6-26-69)70-27-7-2-8-28-70)84-86(82(85(83)97-99)62-41-45-74(46-42-62)102(71-29-9-3-10-30-71)72-31-11-4-12-32-72)98-100(96-84)54-88(58-106-78-36-16-22-66(92)50-78,59-107-79-37-17-23-67(93)51-79)60-108-80-38-18-24-68(94)52-80/h1-52H,53-60H2/q-2. The molecule has 0 bridgehead atoms. The summed E-state index contributed by atoms with van der Waals surface area (Å²) in [6, 6.07) is 89.8. The predicted molar refractivity (Wildman–Crippen MR) is 407 cm³/mol. The Hall–Kier alpha value is -13.2. The van der Waals surface area contributed by atoms with Crippen LogP contribution in [0.25, 0.3) is 44.1 Å². The summed E-state index contributed by atoms with van der Waals surface area (Å²) >= 11 is 0. The minimum atomic E-state index is -1.38. The van der Waals surface area contributed by atoms with Crippen molar-refractivity contribution in [2.75, 3.05) is 56.0 Å². The highest BCUT2D eigenvalue weighted by molar-refractivity contribution is 6.16. The molecule has 14 nitrogen and oxygen atoms in total. The minimum absolute atomic E-state index is 0.167. The molecule has 14 aromatic rings. The monoisotopic (exact) mass is 1450 g/mol. The van der Waals surface area contributed by atoms with Crippen molar-refractivity contribution in [3.05, 3.63) is 361 Å². The smallest absolute Gasteiger partial charge is 0.126 e. The van der Waals surface area contributed by atoms with Gasteiger partial charge in [-0.05, 0) is 174 Å². The van der Waals surface area contributed by atoms with E-state index < -0.39 is 45.7 Å². The van der Waals surface area contributed by atoms with Crippen molar-refractivity contribution in [3.8, 4) is 56.8 Å². The highest BCUT2D eigenvalue weighted by Crippen LogP contribution is 2.59. The van der Waals surface area contributed by atoms with E-state index in [0.717, 1.165) is 34.1 Å². The number of halogens is 6. The van der Waals surface area contributed by atoms with Crippen molar-refractivity contribution in [3.63, 3.8) is 0 Å². The van der Waals surface area contributed by atoms with Crippen LogP contribution in [0.5, 0.6) is 34.5 Å². The van der Waals surface area contributed by atoms with Gasteiger partial charge in [-0.1, -0.05) is 133 Å². The Kier molecular flexibility index (Phi) is 20.9. The van der Waals surface area contributed by atoms with E-state index in [2.05, 4.69) is 9.80 Å². The van der Waals surface area contributed by atoms with Crippen molar-refractivity contribution < 1.29 is 54.8 Å². The zero-order valence-corrected chi connectivity index (χ0v) is 58.0. The van der Waals surface area contributed by atoms with E-state index in [4.69, 9.17) is 49.5 Å². The SMILES string of the molecule is Fc1cccc(OCC(COc2cccc(F)c2)(COc2cccc(F)c2)CN2[N-]c3c(c(-c4ccc(N(c5ccccc5)c5ccccc5)cc4)c4nn(CC(COc5cccc(F)c5)(COc5cccc(F)c5)COc5cccc(F)c5)nc4c3-c3ccc(N(c4ccccc4)c4ccccc4)cc3)[N-]2)c1. The Morgan fingerprint density at radius 2 is 0.519 bits per heavy atom. The Morgan fingerprint density at radius 3 is 0.769 bits per heavy atom. The second kappa shape index (κ2) is 32.0. The molecular weight excluding hydrogens is 1380 g/mol. The third-order valence-electron chi connectivity index (χ3n) is 18.1. The van der Waals surface area contributed by atoms with E-state index in [0.29, 0.717) is 44.7 Å². The number of hydrogen-bond donors (Lipinski definition) is 0. The molecule has 0 unspecified atom stereocenters. The minimum Gasteiger partial charge on any atom is -0.635 e. The summed E-state index contributed by atoms with van der Waals surface area (Å²) in [6.07, 6.45) is 0. The van der Waals surface area contributed by atoms with Gasteiger partial charge in [0.1, 0.15) is 120 Å². The summed E-state index contributed by atoms with van der Waals surface area (Å²) in [4.78, 5) is 5.78. The normalized spacial score (nSPS) is 12.0. The molecule has 2 heterocycles. The molecule has 0 saturated heterocycles. The van der Waals surface area contributed by atoms with Gasteiger partial charge in [-0.25, -0.2) is 26.3 Å². The van der Waals surface area contributed by atoms with Crippen LogP contribution in [0, 0.1) is 45.7 Å². The number of hydrogen-bond acceptors (Lipinski definition) is 11. The largest absolute Gasteiger partial charge is 0.635 e. The zero-order valence-electron chi connectivity index (χ0n) is 58.0. The van der Waals surface area contributed by atoms with Crippen molar-refractivity contribution in [2.24, 2.45) is 10.8 Å². The lowest BCUT2D eigenvalue weighted by molar-refractivity contribution is 0.0128. The summed E-state index contributed by atoms with van der Waals surface area (Å²) < 4.78 is 130. The van der Waals surface area contributed by atoms with E-state index in [1.807, 2.05) is 170 Å². The van der Waals surface area contributed by atoms with Gasteiger partial charge in [0, 0.05) is 70.5 Å². The average Bonchev–Trinajstić information content (AvgIpc) is 1.62. The Balaban J connectivity index is 0.931. The Bertz CT molecular complexity index is 4890. The number of benzene rings is 13. The number of para-hydroxylation sites is 4. The van der Waals surface area contributed by atoms with E-state index in [1.54, 1.807) is 36.4 Å². The summed E-state index contributed by atoms with van der Waals surface area (Å²) in [5, 5.41) is 12.5. The van der Waals surface area contributed by atoms with E-state index in [9.17, 15) is 0 Å². The molecule has 1 aromatic heterocycles. The van der Waals surface area contributed by atoms with Crippen LogP contribution in [0.1, 0.15) is 0 Å². The van der Waals surface area contributed by atoms with Crippen LogP contribution in [0.15, 0.2) is 315 Å². The molecule has 540 valence electrons. The van der Waals surface area contributed by atoms with Crippen LogP contribution in [-0.4, -0.2) is 66.3 Å². The molecule has 108 heavy (non-hydrogen) atoms. The third kappa shape index (κ3) is 16.6. The first kappa shape index (κ1) is 70.5. The third-order valence-corrected chi connectivity index (χ3v) is 18.1. The summed E-state index contributed by atoms with van der Waals surface area (Å²) in [5.41, 5.74) is 17.1. The van der Waals surface area contributed by atoms with Crippen LogP contribution in [-0.2, 0) is 6.54 Å². The molecule has 0 atom stereocenters. The summed E-state index contributed by atoms with van der Waals surface area (Å²) in [6.45, 7) is -1.79. The molecule has 1 aliphatic rings. The molecule has 0 saturated carbocycles. The zero-order chi connectivity index (χ0) is 73.8. The highest BCUT2D eigenvalue weighted by atomic mass is 19.1. The molecule has 0 amide bonds. The van der Waals surface area contributed by atoms with E-state index in [-0.39, 0.29) is 87.2 Å². The van der Waals surface area contributed by atoms with Crippen molar-refractivity contribution >= 4 is 56.5 Å². The summed E-state index contributed by atoms with van der Waals surface area (Å²) in [7, 11) is 0. The molecule has 1 aliphatic heterocycles. The van der Waals surface area contributed by atoms with E-state index in [1.165, 1.54) is 119 Å². The quantitative estimate of drug-likeness (QED) is 0.0400. The van der Waals surface area contributed by atoms with Gasteiger partial charge in [0.15, 0.2) is 0 Å². The molecule has 20 heteroatoms. The van der Waals surface area contributed by atoms with Crippen LogP contribution in [0.2, 0.25) is 0 Å². The van der Waals surface area contributed by atoms with Gasteiger partial charge in [0.2, 0.25) is 0 Å². The lowest BCUT2D eigenvalue weighted by Crippen LogP contribution is -2.47. The number of ether oxygens (including phenoxy) is 6. The molecule has 0 N–H and O–H groups in total. The average molecular weight is 1450 g/mol. The van der Waals surface area contributed by atoms with Gasteiger partial charge >= 0.3 is 0 Å². The predicted octanol–water partition coefficient (Wildman–Crippen LogP) is 22.1. The van der Waals surface area contributed by atoms with Crippen molar-refractivity contribution in [1.82, 2.24) is 20.1 Å².